The predicted octanol–water partition coefficient (Wildman–Crippen LogP) is 3.70. The number of benzene rings is 1. The second-order valence-corrected chi connectivity index (χ2v) is 5.52. The molecule has 0 heterocycles. The lowest BCUT2D eigenvalue weighted by molar-refractivity contribution is -0.0873. The van der Waals surface area contributed by atoms with Gasteiger partial charge in [0.1, 0.15) is 0 Å². The zero-order valence-electron chi connectivity index (χ0n) is 12.3. The summed E-state index contributed by atoms with van der Waals surface area (Å²) in [6.45, 7) is 4.23. The minimum atomic E-state index is -0.929. The Morgan fingerprint density at radius 2 is 1.53 bits per heavy atom. The third-order valence-electron chi connectivity index (χ3n) is 3.82. The van der Waals surface area contributed by atoms with Crippen molar-refractivity contribution in [3.8, 4) is 0 Å². The van der Waals surface area contributed by atoms with Gasteiger partial charge in [-0.1, -0.05) is 69.9 Å². The largest absolute Gasteiger partial charge is 0.390 e. The second kappa shape index (κ2) is 8.34. The van der Waals surface area contributed by atoms with Crippen molar-refractivity contribution < 1.29 is 10.2 Å². The van der Waals surface area contributed by atoms with Crippen molar-refractivity contribution in [3.63, 3.8) is 0 Å². The molecule has 2 nitrogen and oxygen atoms in total. The van der Waals surface area contributed by atoms with E-state index in [-0.39, 0.29) is 0 Å². The van der Waals surface area contributed by atoms with Gasteiger partial charge in [-0.05, 0) is 18.4 Å². The molecule has 0 aliphatic rings. The Morgan fingerprint density at radius 3 is 2.00 bits per heavy atom. The average molecular weight is 264 g/mol. The monoisotopic (exact) mass is 264 g/mol. The van der Waals surface area contributed by atoms with Crippen molar-refractivity contribution in [3.05, 3.63) is 35.9 Å². The van der Waals surface area contributed by atoms with E-state index >= 15 is 0 Å². The van der Waals surface area contributed by atoms with Crippen molar-refractivity contribution in [2.45, 2.75) is 70.5 Å². The lowest BCUT2D eigenvalue weighted by Crippen LogP contribution is -2.43. The molecule has 0 amide bonds. The molecule has 0 aliphatic heterocycles. The third kappa shape index (κ3) is 5.33. The fourth-order valence-electron chi connectivity index (χ4n) is 2.45. The molecule has 19 heavy (non-hydrogen) atoms. The van der Waals surface area contributed by atoms with Crippen LogP contribution in [-0.4, -0.2) is 21.9 Å². The van der Waals surface area contributed by atoms with E-state index in [0.717, 1.165) is 31.2 Å². The molecule has 1 atom stereocenters. The summed E-state index contributed by atoms with van der Waals surface area (Å²) < 4.78 is 0. The van der Waals surface area contributed by atoms with Crippen molar-refractivity contribution in [1.82, 2.24) is 0 Å². The molecular weight excluding hydrogens is 236 g/mol. The highest BCUT2D eigenvalue weighted by atomic mass is 16.3. The highest BCUT2D eigenvalue weighted by Crippen LogP contribution is 2.27. The van der Waals surface area contributed by atoms with Crippen LogP contribution in [0.3, 0.4) is 0 Å². The van der Waals surface area contributed by atoms with Crippen LogP contribution in [-0.2, 0) is 6.42 Å². The van der Waals surface area contributed by atoms with E-state index in [1.807, 2.05) is 30.3 Å². The molecule has 1 rings (SSSR count). The van der Waals surface area contributed by atoms with Crippen molar-refractivity contribution in [1.29, 1.82) is 0 Å². The van der Waals surface area contributed by atoms with Gasteiger partial charge in [0.2, 0.25) is 0 Å². The van der Waals surface area contributed by atoms with Gasteiger partial charge in [0.25, 0.3) is 0 Å². The first-order chi connectivity index (χ1) is 9.12. The molecule has 0 bridgehead atoms. The topological polar surface area (TPSA) is 40.5 Å². The van der Waals surface area contributed by atoms with E-state index in [4.69, 9.17) is 0 Å². The van der Waals surface area contributed by atoms with Crippen LogP contribution in [0.2, 0.25) is 0 Å². The zero-order chi connectivity index (χ0) is 14.1. The van der Waals surface area contributed by atoms with Crippen LogP contribution in [0.4, 0.5) is 0 Å². The first-order valence-electron chi connectivity index (χ1n) is 7.56. The SMILES string of the molecule is CCCCC(O)(CCCC)[C@H](O)Cc1ccccc1. The van der Waals surface area contributed by atoms with Gasteiger partial charge < -0.3 is 10.2 Å². The molecule has 0 radical (unpaired) electrons. The maximum atomic E-state index is 10.8. The van der Waals surface area contributed by atoms with Gasteiger partial charge in [0, 0.05) is 6.42 Å². The minimum Gasteiger partial charge on any atom is -0.390 e. The van der Waals surface area contributed by atoms with E-state index in [1.165, 1.54) is 0 Å². The molecule has 0 spiro atoms. The van der Waals surface area contributed by atoms with Crippen LogP contribution >= 0.6 is 0 Å². The highest BCUT2D eigenvalue weighted by Gasteiger charge is 2.34. The number of rotatable bonds is 9. The predicted molar refractivity (Wildman–Crippen MR) is 80.2 cm³/mol. The molecule has 2 heteroatoms. The van der Waals surface area contributed by atoms with Crippen molar-refractivity contribution in [2.75, 3.05) is 0 Å². The fraction of sp³-hybridized carbons (Fsp3) is 0.647. The standard InChI is InChI=1S/C17H28O2/c1-3-5-12-17(19,13-6-4-2)16(18)14-15-10-8-7-9-11-15/h7-11,16,18-19H,3-6,12-14H2,1-2H3/t16-/m1/s1. The van der Waals surface area contributed by atoms with Gasteiger partial charge in [-0.2, -0.15) is 0 Å². The first-order valence-corrected chi connectivity index (χ1v) is 7.56. The first kappa shape index (κ1) is 16.2. The van der Waals surface area contributed by atoms with Crippen LogP contribution in [0.1, 0.15) is 57.9 Å². The number of aliphatic hydroxyl groups excluding tert-OH is 1. The summed E-state index contributed by atoms with van der Waals surface area (Å²) in [5.74, 6) is 0. The highest BCUT2D eigenvalue weighted by molar-refractivity contribution is 5.16. The summed E-state index contributed by atoms with van der Waals surface area (Å²) in [6.07, 6.45) is 5.27. The Kier molecular flexibility index (Phi) is 7.11. The van der Waals surface area contributed by atoms with Gasteiger partial charge in [-0.3, -0.25) is 0 Å². The molecule has 0 aromatic heterocycles. The fourth-order valence-corrected chi connectivity index (χ4v) is 2.45. The van der Waals surface area contributed by atoms with Crippen LogP contribution in [0.25, 0.3) is 0 Å². The molecule has 2 N–H and O–H groups in total. The van der Waals surface area contributed by atoms with E-state index in [2.05, 4.69) is 13.8 Å². The van der Waals surface area contributed by atoms with E-state index in [0.29, 0.717) is 19.3 Å². The van der Waals surface area contributed by atoms with Crippen molar-refractivity contribution >= 4 is 0 Å². The molecule has 1 aromatic rings. The summed E-state index contributed by atoms with van der Waals surface area (Å²) in [4.78, 5) is 0. The Labute approximate surface area is 117 Å². The third-order valence-corrected chi connectivity index (χ3v) is 3.82. The number of hydrogen-bond donors (Lipinski definition) is 2. The molecule has 0 saturated carbocycles. The molecule has 0 unspecified atom stereocenters. The lowest BCUT2D eigenvalue weighted by Gasteiger charge is -2.33. The van der Waals surface area contributed by atoms with Gasteiger partial charge in [-0.25, -0.2) is 0 Å². The van der Waals surface area contributed by atoms with Gasteiger partial charge in [0.05, 0.1) is 11.7 Å². The Balaban J connectivity index is 2.67. The van der Waals surface area contributed by atoms with E-state index in [1.54, 1.807) is 0 Å². The quantitative estimate of drug-likeness (QED) is 0.714. The van der Waals surface area contributed by atoms with Crippen LogP contribution in [0.5, 0.6) is 0 Å². The Bertz CT molecular complexity index is 326. The number of unbranched alkanes of at least 4 members (excludes halogenated alkanes) is 2. The molecule has 0 fully saturated rings. The molecule has 0 aliphatic carbocycles. The van der Waals surface area contributed by atoms with Gasteiger partial charge in [0.15, 0.2) is 0 Å². The average Bonchev–Trinajstić information content (AvgIpc) is 2.44. The van der Waals surface area contributed by atoms with Gasteiger partial charge in [-0.15, -0.1) is 0 Å². The Morgan fingerprint density at radius 1 is 1.00 bits per heavy atom. The van der Waals surface area contributed by atoms with E-state index < -0.39 is 11.7 Å². The summed E-state index contributed by atoms with van der Waals surface area (Å²) >= 11 is 0. The Hall–Kier alpha value is -0.860. The van der Waals surface area contributed by atoms with Gasteiger partial charge >= 0.3 is 0 Å². The molecular formula is C17H28O2. The normalized spacial score (nSPS) is 13.5. The number of hydrogen-bond acceptors (Lipinski definition) is 2. The molecule has 0 saturated heterocycles. The summed E-state index contributed by atoms with van der Waals surface area (Å²) in [6, 6.07) is 9.92. The minimum absolute atomic E-state index is 0.533. The molecule has 1 aromatic carbocycles. The molecule has 108 valence electrons. The van der Waals surface area contributed by atoms with Crippen LogP contribution in [0.15, 0.2) is 30.3 Å². The summed E-state index contributed by atoms with van der Waals surface area (Å²) in [7, 11) is 0. The summed E-state index contributed by atoms with van der Waals surface area (Å²) in [5, 5.41) is 21.2. The summed E-state index contributed by atoms with van der Waals surface area (Å²) in [5.41, 5.74) is 0.156. The zero-order valence-corrected chi connectivity index (χ0v) is 12.3. The number of aliphatic hydroxyl groups is 2. The van der Waals surface area contributed by atoms with Crippen molar-refractivity contribution in [2.24, 2.45) is 0 Å². The maximum Gasteiger partial charge on any atom is 0.0908 e. The lowest BCUT2D eigenvalue weighted by atomic mass is 9.83. The van der Waals surface area contributed by atoms with Crippen LogP contribution in [0, 0.1) is 0 Å². The maximum absolute atomic E-state index is 10.8. The smallest absolute Gasteiger partial charge is 0.0908 e. The van der Waals surface area contributed by atoms with Crippen LogP contribution < -0.4 is 0 Å². The van der Waals surface area contributed by atoms with E-state index in [9.17, 15) is 10.2 Å². The second-order valence-electron chi connectivity index (χ2n) is 5.52.